The highest BCUT2D eigenvalue weighted by atomic mass is 79.9. The maximum absolute atomic E-state index is 5.77. The van der Waals surface area contributed by atoms with E-state index in [0.29, 0.717) is 0 Å². The Morgan fingerprint density at radius 2 is 2.18 bits per heavy atom. The van der Waals surface area contributed by atoms with E-state index in [0.717, 1.165) is 35.8 Å². The van der Waals surface area contributed by atoms with E-state index < -0.39 is 0 Å². The summed E-state index contributed by atoms with van der Waals surface area (Å²) in [5.74, 6) is 0.997. The molecule has 2 nitrogen and oxygen atoms in total. The number of aryl methyl sites for hydroxylation is 1. The molecule has 0 amide bonds. The van der Waals surface area contributed by atoms with Crippen molar-refractivity contribution in [1.29, 1.82) is 0 Å². The van der Waals surface area contributed by atoms with Crippen LogP contribution in [0.2, 0.25) is 0 Å². The van der Waals surface area contributed by atoms with Gasteiger partial charge in [-0.05, 0) is 44.0 Å². The SMILES string of the molecule is CC[C@@H](C)[NH2+]CCCOc1ccc(Br)cc1C. The summed E-state index contributed by atoms with van der Waals surface area (Å²) in [5.41, 5.74) is 1.19. The minimum absolute atomic E-state index is 0.726. The molecule has 1 aromatic rings. The molecule has 2 N–H and O–H groups in total. The van der Waals surface area contributed by atoms with E-state index in [9.17, 15) is 0 Å². The summed E-state index contributed by atoms with van der Waals surface area (Å²) >= 11 is 3.45. The maximum Gasteiger partial charge on any atom is 0.122 e. The van der Waals surface area contributed by atoms with Crippen molar-refractivity contribution in [3.05, 3.63) is 28.2 Å². The molecule has 0 radical (unpaired) electrons. The molecule has 0 aliphatic rings. The first kappa shape index (κ1) is 14.5. The van der Waals surface area contributed by atoms with Crippen molar-refractivity contribution in [1.82, 2.24) is 0 Å². The predicted octanol–water partition coefficient (Wildman–Crippen LogP) is 2.89. The van der Waals surface area contributed by atoms with E-state index >= 15 is 0 Å². The molecule has 3 heteroatoms. The van der Waals surface area contributed by atoms with Gasteiger partial charge in [-0.2, -0.15) is 0 Å². The summed E-state index contributed by atoms with van der Waals surface area (Å²) in [7, 11) is 0. The molecule has 96 valence electrons. The lowest BCUT2D eigenvalue weighted by Crippen LogP contribution is -2.89. The van der Waals surface area contributed by atoms with Crippen LogP contribution in [0.3, 0.4) is 0 Å². The third-order valence-electron chi connectivity index (χ3n) is 2.96. The largest absolute Gasteiger partial charge is 0.493 e. The third-order valence-corrected chi connectivity index (χ3v) is 3.45. The van der Waals surface area contributed by atoms with Gasteiger partial charge >= 0.3 is 0 Å². The standard InChI is InChI=1S/C14H22BrNO/c1-4-12(3)16-8-5-9-17-14-7-6-13(15)10-11(14)2/h6-7,10,12,16H,4-5,8-9H2,1-3H3/p+1/t12-/m1/s1. The Hall–Kier alpha value is -0.540. The van der Waals surface area contributed by atoms with Gasteiger partial charge in [-0.25, -0.2) is 0 Å². The zero-order valence-corrected chi connectivity index (χ0v) is 12.6. The van der Waals surface area contributed by atoms with Crippen LogP contribution in [0.15, 0.2) is 22.7 Å². The van der Waals surface area contributed by atoms with Gasteiger partial charge in [0.2, 0.25) is 0 Å². The quantitative estimate of drug-likeness (QED) is 0.770. The van der Waals surface area contributed by atoms with Crippen molar-refractivity contribution < 1.29 is 10.1 Å². The van der Waals surface area contributed by atoms with Crippen molar-refractivity contribution >= 4 is 15.9 Å². The molecule has 1 rings (SSSR count). The number of quaternary nitrogens is 1. The Bertz CT molecular complexity index is 341. The highest BCUT2D eigenvalue weighted by molar-refractivity contribution is 9.10. The summed E-state index contributed by atoms with van der Waals surface area (Å²) in [4.78, 5) is 0. The average molecular weight is 301 g/mol. The van der Waals surface area contributed by atoms with Crippen molar-refractivity contribution in [3.8, 4) is 5.75 Å². The summed E-state index contributed by atoms with van der Waals surface area (Å²) in [6.45, 7) is 8.51. The number of ether oxygens (including phenoxy) is 1. The zero-order valence-electron chi connectivity index (χ0n) is 11.0. The molecule has 0 spiro atoms. The second-order valence-electron chi connectivity index (χ2n) is 4.52. The Labute approximate surface area is 113 Å². The number of nitrogens with two attached hydrogens (primary N) is 1. The Morgan fingerprint density at radius 1 is 1.41 bits per heavy atom. The van der Waals surface area contributed by atoms with Gasteiger partial charge in [0.1, 0.15) is 5.75 Å². The van der Waals surface area contributed by atoms with Gasteiger partial charge in [-0.1, -0.05) is 22.9 Å². The van der Waals surface area contributed by atoms with Gasteiger partial charge in [0.25, 0.3) is 0 Å². The lowest BCUT2D eigenvalue weighted by Gasteiger charge is -2.10. The van der Waals surface area contributed by atoms with E-state index in [1.807, 2.05) is 12.1 Å². The maximum atomic E-state index is 5.77. The molecular weight excluding hydrogens is 278 g/mol. The second-order valence-corrected chi connectivity index (χ2v) is 5.44. The molecule has 1 aromatic carbocycles. The Morgan fingerprint density at radius 3 is 2.82 bits per heavy atom. The molecule has 0 saturated carbocycles. The lowest BCUT2D eigenvalue weighted by atomic mass is 10.2. The number of benzene rings is 1. The molecular formula is C14H23BrNO+. The molecule has 1 atom stereocenters. The fourth-order valence-electron chi connectivity index (χ4n) is 1.61. The first-order valence-electron chi connectivity index (χ1n) is 6.35. The van der Waals surface area contributed by atoms with Crippen molar-refractivity contribution in [2.75, 3.05) is 13.2 Å². The molecule has 0 unspecified atom stereocenters. The van der Waals surface area contributed by atoms with Crippen LogP contribution in [0.4, 0.5) is 0 Å². The lowest BCUT2D eigenvalue weighted by molar-refractivity contribution is -0.686. The summed E-state index contributed by atoms with van der Waals surface area (Å²) in [6, 6.07) is 6.86. The van der Waals surface area contributed by atoms with Crippen LogP contribution in [0, 0.1) is 6.92 Å². The van der Waals surface area contributed by atoms with Gasteiger partial charge < -0.3 is 10.1 Å². The zero-order chi connectivity index (χ0) is 12.7. The molecule has 0 bridgehead atoms. The smallest absolute Gasteiger partial charge is 0.122 e. The molecule has 17 heavy (non-hydrogen) atoms. The van der Waals surface area contributed by atoms with Gasteiger partial charge in [0.05, 0.1) is 19.2 Å². The van der Waals surface area contributed by atoms with Gasteiger partial charge in [0.15, 0.2) is 0 Å². The van der Waals surface area contributed by atoms with E-state index in [-0.39, 0.29) is 0 Å². The van der Waals surface area contributed by atoms with Gasteiger partial charge in [-0.3, -0.25) is 0 Å². The summed E-state index contributed by atoms with van der Waals surface area (Å²) in [5, 5.41) is 2.39. The Kier molecular flexibility index (Phi) is 6.60. The highest BCUT2D eigenvalue weighted by Gasteiger charge is 2.02. The monoisotopic (exact) mass is 300 g/mol. The topological polar surface area (TPSA) is 25.8 Å². The van der Waals surface area contributed by atoms with Crippen LogP contribution in [0.25, 0.3) is 0 Å². The van der Waals surface area contributed by atoms with Crippen LogP contribution in [-0.4, -0.2) is 19.2 Å². The number of rotatable bonds is 7. The highest BCUT2D eigenvalue weighted by Crippen LogP contribution is 2.22. The fraction of sp³-hybridized carbons (Fsp3) is 0.571. The van der Waals surface area contributed by atoms with E-state index in [4.69, 9.17) is 4.74 Å². The van der Waals surface area contributed by atoms with Crippen LogP contribution in [0.5, 0.6) is 5.75 Å². The fourth-order valence-corrected chi connectivity index (χ4v) is 2.08. The van der Waals surface area contributed by atoms with Crippen molar-refractivity contribution in [2.45, 2.75) is 39.7 Å². The van der Waals surface area contributed by atoms with Gasteiger partial charge in [0, 0.05) is 10.9 Å². The normalized spacial score (nSPS) is 12.5. The number of halogens is 1. The first-order valence-corrected chi connectivity index (χ1v) is 7.15. The molecule has 0 aliphatic heterocycles. The molecule has 0 saturated heterocycles. The average Bonchev–Trinajstić information content (AvgIpc) is 2.30. The van der Waals surface area contributed by atoms with Crippen molar-refractivity contribution in [2.24, 2.45) is 0 Å². The minimum Gasteiger partial charge on any atom is -0.493 e. The molecule has 0 fully saturated rings. The number of hydrogen-bond donors (Lipinski definition) is 1. The predicted molar refractivity (Wildman–Crippen MR) is 75.5 cm³/mol. The molecule has 0 aliphatic carbocycles. The first-order chi connectivity index (χ1) is 8.13. The summed E-state index contributed by atoms with van der Waals surface area (Å²) < 4.78 is 6.87. The van der Waals surface area contributed by atoms with Crippen LogP contribution in [0.1, 0.15) is 32.3 Å². The van der Waals surface area contributed by atoms with Crippen LogP contribution in [-0.2, 0) is 0 Å². The summed E-state index contributed by atoms with van der Waals surface area (Å²) in [6.07, 6.45) is 2.33. The number of hydrogen-bond acceptors (Lipinski definition) is 1. The van der Waals surface area contributed by atoms with Crippen LogP contribution < -0.4 is 10.1 Å². The van der Waals surface area contributed by atoms with Crippen LogP contribution >= 0.6 is 15.9 Å². The van der Waals surface area contributed by atoms with E-state index in [1.54, 1.807) is 0 Å². The second kappa shape index (κ2) is 7.72. The minimum atomic E-state index is 0.726. The van der Waals surface area contributed by atoms with Crippen molar-refractivity contribution in [3.63, 3.8) is 0 Å². The molecule has 0 heterocycles. The van der Waals surface area contributed by atoms with E-state index in [1.165, 1.54) is 12.0 Å². The van der Waals surface area contributed by atoms with Gasteiger partial charge in [-0.15, -0.1) is 0 Å². The van der Waals surface area contributed by atoms with E-state index in [2.05, 4.69) is 48.1 Å². The molecule has 0 aromatic heterocycles. The third kappa shape index (κ3) is 5.55. The Balaban J connectivity index is 2.22.